The Morgan fingerprint density at radius 3 is 2.33 bits per heavy atom. The van der Waals surface area contributed by atoms with E-state index in [4.69, 9.17) is 4.74 Å². The number of alkyl halides is 2. The molecule has 0 unspecified atom stereocenters. The zero-order valence-corrected chi connectivity index (χ0v) is 11.6. The van der Waals surface area contributed by atoms with Crippen LogP contribution in [0.5, 0.6) is 5.75 Å². The van der Waals surface area contributed by atoms with E-state index in [-0.39, 0.29) is 11.3 Å². The molecular formula is C14H15F2NO4. The molecule has 0 atom stereocenters. The first-order valence-electron chi connectivity index (χ1n) is 5.97. The summed E-state index contributed by atoms with van der Waals surface area (Å²) < 4.78 is 34.3. The summed E-state index contributed by atoms with van der Waals surface area (Å²) in [4.78, 5) is 22.5. The van der Waals surface area contributed by atoms with Gasteiger partial charge in [-0.15, -0.1) is 0 Å². The summed E-state index contributed by atoms with van der Waals surface area (Å²) >= 11 is 0. The number of anilines is 1. The third-order valence-corrected chi connectivity index (χ3v) is 2.12. The van der Waals surface area contributed by atoms with Crippen molar-refractivity contribution >= 4 is 17.7 Å². The Hall–Kier alpha value is -2.44. The van der Waals surface area contributed by atoms with Gasteiger partial charge in [-0.1, -0.05) is 6.58 Å². The van der Waals surface area contributed by atoms with Crippen molar-refractivity contribution in [3.05, 3.63) is 36.4 Å². The van der Waals surface area contributed by atoms with E-state index in [9.17, 15) is 18.4 Å². The van der Waals surface area contributed by atoms with Crippen LogP contribution in [0.3, 0.4) is 0 Å². The van der Waals surface area contributed by atoms with Crippen LogP contribution >= 0.6 is 0 Å². The van der Waals surface area contributed by atoms with Gasteiger partial charge in [-0.25, -0.2) is 18.4 Å². The summed E-state index contributed by atoms with van der Waals surface area (Å²) in [5.41, 5.74) is 0.566. The number of nitrogens with one attached hydrogen (secondary N) is 1. The molecule has 7 heteroatoms. The molecule has 0 aliphatic rings. The van der Waals surface area contributed by atoms with Crippen molar-refractivity contribution in [3.63, 3.8) is 0 Å². The van der Waals surface area contributed by atoms with E-state index >= 15 is 0 Å². The topological polar surface area (TPSA) is 64.6 Å². The van der Waals surface area contributed by atoms with E-state index in [1.165, 1.54) is 31.2 Å². The molecule has 114 valence electrons. The van der Waals surface area contributed by atoms with Gasteiger partial charge in [0.2, 0.25) is 0 Å². The molecule has 5 nitrogen and oxygen atoms in total. The fraction of sp³-hybridized carbons (Fsp3) is 0.286. The average molecular weight is 299 g/mol. The number of carbonyl (C=O) groups is 2. The van der Waals surface area contributed by atoms with Crippen LogP contribution < -0.4 is 10.1 Å². The summed E-state index contributed by atoms with van der Waals surface area (Å²) in [5, 5.41) is 2.27. The number of hydrogen-bond acceptors (Lipinski definition) is 4. The molecule has 0 heterocycles. The van der Waals surface area contributed by atoms with Crippen LogP contribution in [-0.4, -0.2) is 24.6 Å². The lowest BCUT2D eigenvalue weighted by molar-refractivity contribution is -0.130. The first kappa shape index (κ1) is 16.6. The Morgan fingerprint density at radius 1 is 1.29 bits per heavy atom. The normalized spacial score (nSPS) is 10.7. The van der Waals surface area contributed by atoms with Crippen LogP contribution in [0.15, 0.2) is 36.4 Å². The van der Waals surface area contributed by atoms with Gasteiger partial charge in [0.05, 0.1) is 0 Å². The van der Waals surface area contributed by atoms with E-state index in [1.54, 1.807) is 0 Å². The number of halogens is 2. The van der Waals surface area contributed by atoms with Gasteiger partial charge in [0.1, 0.15) is 5.75 Å². The summed E-state index contributed by atoms with van der Waals surface area (Å²) in [6.07, 6.45) is -0.997. The summed E-state index contributed by atoms with van der Waals surface area (Å²) in [6.45, 7) is 4.59. The van der Waals surface area contributed by atoms with Crippen LogP contribution in [-0.2, 0) is 9.53 Å². The number of hydrogen-bond donors (Lipinski definition) is 1. The molecule has 1 aromatic carbocycles. The number of esters is 1. The van der Waals surface area contributed by atoms with Crippen molar-refractivity contribution in [2.45, 2.75) is 19.8 Å². The second kappa shape index (κ2) is 6.83. The van der Waals surface area contributed by atoms with E-state index in [0.717, 1.165) is 0 Å². The van der Waals surface area contributed by atoms with Crippen LogP contribution in [0.4, 0.5) is 19.3 Å². The molecule has 1 aromatic rings. The lowest BCUT2D eigenvalue weighted by atomic mass is 10.3. The quantitative estimate of drug-likeness (QED) is 0.514. The van der Waals surface area contributed by atoms with Crippen LogP contribution in [0.1, 0.15) is 13.8 Å². The van der Waals surface area contributed by atoms with Gasteiger partial charge < -0.3 is 9.47 Å². The Balaban J connectivity index is 2.53. The smallest absolute Gasteiger partial charge is 0.411 e. The number of benzene rings is 1. The summed E-state index contributed by atoms with van der Waals surface area (Å²) in [7, 11) is 0. The fourth-order valence-corrected chi connectivity index (χ4v) is 1.15. The molecule has 1 rings (SSSR count). The Morgan fingerprint density at radius 2 is 1.86 bits per heavy atom. The van der Waals surface area contributed by atoms with Crippen molar-refractivity contribution in [1.82, 2.24) is 0 Å². The molecule has 0 aliphatic heterocycles. The predicted octanol–water partition coefficient (Wildman–Crippen LogP) is 3.37. The largest absolute Gasteiger partial charge is 0.443 e. The van der Waals surface area contributed by atoms with Crippen molar-refractivity contribution in [3.8, 4) is 5.75 Å². The highest BCUT2D eigenvalue weighted by Gasteiger charge is 2.23. The average Bonchev–Trinajstić information content (AvgIpc) is 2.38. The van der Waals surface area contributed by atoms with Gasteiger partial charge in [-0.05, 0) is 31.2 Å². The third-order valence-electron chi connectivity index (χ3n) is 2.12. The van der Waals surface area contributed by atoms with E-state index in [2.05, 4.69) is 16.6 Å². The SMILES string of the molecule is C=C(C)C(=O)Oc1ccc(NC(=O)OCC(C)(F)F)cc1. The minimum Gasteiger partial charge on any atom is -0.443 e. The minimum absolute atomic E-state index is 0.251. The van der Waals surface area contributed by atoms with Crippen LogP contribution in [0.2, 0.25) is 0 Å². The Kier molecular flexibility index (Phi) is 5.40. The maximum atomic E-state index is 12.5. The Bertz CT molecular complexity index is 535. The second-order valence-corrected chi connectivity index (χ2v) is 4.47. The molecule has 0 fully saturated rings. The molecule has 0 aromatic heterocycles. The molecule has 0 spiro atoms. The van der Waals surface area contributed by atoms with Gasteiger partial charge in [0.15, 0.2) is 6.61 Å². The van der Waals surface area contributed by atoms with Gasteiger partial charge in [-0.3, -0.25) is 5.32 Å². The standard InChI is InChI=1S/C14H15F2NO4/c1-9(2)12(18)21-11-6-4-10(5-7-11)17-13(19)20-8-14(3,15)16/h4-7H,1,8H2,2-3H3,(H,17,19). The number of amides is 1. The highest BCUT2D eigenvalue weighted by atomic mass is 19.3. The van der Waals surface area contributed by atoms with Crippen LogP contribution in [0.25, 0.3) is 0 Å². The number of ether oxygens (including phenoxy) is 2. The summed E-state index contributed by atoms with van der Waals surface area (Å²) in [5.74, 6) is -3.39. The van der Waals surface area contributed by atoms with Crippen molar-refractivity contribution in [1.29, 1.82) is 0 Å². The predicted molar refractivity (Wildman–Crippen MR) is 72.5 cm³/mol. The second-order valence-electron chi connectivity index (χ2n) is 4.47. The monoisotopic (exact) mass is 299 g/mol. The van der Waals surface area contributed by atoms with Crippen molar-refractivity contribution in [2.75, 3.05) is 11.9 Å². The zero-order chi connectivity index (χ0) is 16.0. The van der Waals surface area contributed by atoms with Crippen molar-refractivity contribution in [2.24, 2.45) is 0 Å². The maximum Gasteiger partial charge on any atom is 0.411 e. The van der Waals surface area contributed by atoms with Gasteiger partial charge in [0, 0.05) is 18.2 Å². The minimum atomic E-state index is -3.09. The molecule has 1 N–H and O–H groups in total. The summed E-state index contributed by atoms with van der Waals surface area (Å²) in [6, 6.07) is 5.74. The third kappa shape index (κ3) is 6.51. The molecule has 0 aliphatic carbocycles. The van der Waals surface area contributed by atoms with Gasteiger partial charge in [-0.2, -0.15) is 0 Å². The number of carbonyl (C=O) groups excluding carboxylic acids is 2. The molecule has 21 heavy (non-hydrogen) atoms. The van der Waals surface area contributed by atoms with Gasteiger partial charge >= 0.3 is 12.1 Å². The van der Waals surface area contributed by atoms with Crippen molar-refractivity contribution < 1.29 is 27.8 Å². The maximum absolute atomic E-state index is 12.5. The lowest BCUT2D eigenvalue weighted by Gasteiger charge is -2.11. The van der Waals surface area contributed by atoms with E-state index in [1.807, 2.05) is 0 Å². The molecule has 0 bridgehead atoms. The molecule has 0 saturated carbocycles. The highest BCUT2D eigenvalue weighted by Crippen LogP contribution is 2.17. The fourth-order valence-electron chi connectivity index (χ4n) is 1.15. The molecule has 1 amide bonds. The number of rotatable bonds is 5. The lowest BCUT2D eigenvalue weighted by Crippen LogP contribution is -2.24. The molecule has 0 radical (unpaired) electrons. The zero-order valence-electron chi connectivity index (χ0n) is 11.6. The first-order valence-corrected chi connectivity index (χ1v) is 5.97. The van der Waals surface area contributed by atoms with Gasteiger partial charge in [0.25, 0.3) is 5.92 Å². The molecule has 0 saturated heterocycles. The molecular weight excluding hydrogens is 284 g/mol. The highest BCUT2D eigenvalue weighted by molar-refractivity contribution is 5.89. The first-order chi connectivity index (χ1) is 9.67. The van der Waals surface area contributed by atoms with E-state index in [0.29, 0.717) is 12.6 Å². The van der Waals surface area contributed by atoms with E-state index < -0.39 is 24.6 Å². The van der Waals surface area contributed by atoms with Crippen LogP contribution in [0, 0.1) is 0 Å². The Labute approximate surface area is 120 Å².